The van der Waals surface area contributed by atoms with Gasteiger partial charge in [0.2, 0.25) is 47.3 Å². The fraction of sp³-hybridized carbons (Fsp3) is 0.806. The highest BCUT2D eigenvalue weighted by molar-refractivity contribution is 7.80. The van der Waals surface area contributed by atoms with Crippen LogP contribution in [0.1, 0.15) is 116 Å². The van der Waals surface area contributed by atoms with Crippen molar-refractivity contribution in [1.29, 1.82) is 0 Å². The summed E-state index contributed by atoms with van der Waals surface area (Å²) in [4.78, 5) is 131. The van der Waals surface area contributed by atoms with Crippen LogP contribution < -0.4 is 121 Å². The van der Waals surface area contributed by atoms with Crippen molar-refractivity contribution in [1.82, 2.24) is 63.8 Å². The number of aliphatic hydroxyl groups is 6. The van der Waals surface area contributed by atoms with Crippen molar-refractivity contribution in [2.75, 3.05) is 65.6 Å². The molecule has 4 fully saturated rings. The largest absolute Gasteiger partial charge is 0.759 e. The van der Waals surface area contributed by atoms with E-state index in [2.05, 4.69) is 73.8 Å². The molecule has 10 amide bonds. The van der Waals surface area contributed by atoms with Gasteiger partial charge in [-0.1, -0.05) is 0 Å². The maximum absolute atomic E-state index is 13.1. The molecule has 22 atom stereocenters. The molecule has 0 radical (unpaired) electrons. The second kappa shape index (κ2) is 77.6. The van der Waals surface area contributed by atoms with Crippen LogP contribution in [0, 0.1) is 0 Å². The number of piperidine rings is 2. The number of nitrogens with one attached hydrogen (secondary N) is 12. The summed E-state index contributed by atoms with van der Waals surface area (Å²) in [6, 6.07) is -8.49. The first kappa shape index (κ1) is 155. The lowest BCUT2D eigenvalue weighted by Crippen LogP contribution is -2.70. The Morgan fingerprint density at radius 3 is 0.801 bits per heavy atom. The predicted molar refractivity (Wildman–Crippen MR) is 466 cm³/mol. The van der Waals surface area contributed by atoms with E-state index in [1.54, 1.807) is 0 Å². The second-order valence-corrected chi connectivity index (χ2v) is 33.4. The number of aliphatic imine (C=N–C) groups is 2. The lowest BCUT2D eigenvalue weighted by molar-refractivity contribution is -0.198. The Bertz CT molecular complexity index is 3840. The molecule has 6 unspecified atom stereocenters. The van der Waals surface area contributed by atoms with Crippen LogP contribution >= 0.6 is 0 Å². The van der Waals surface area contributed by atoms with Crippen LogP contribution in [0.2, 0.25) is 0 Å². The molecule has 0 aromatic carbocycles. The maximum Gasteiger partial charge on any atom is 0.404 e. The lowest BCUT2D eigenvalue weighted by atomic mass is 9.95. The number of amides is 10. The molecule has 0 bridgehead atoms. The molecule has 74 nitrogen and oxygen atoms in total. The Hall–Kier alpha value is -8.85. The van der Waals surface area contributed by atoms with Crippen molar-refractivity contribution in [3.8, 4) is 0 Å². The SMILES string of the molecule is NCCCC(N)CC(=O)NCCCC(N)CC(=O)NCCCC(N)CC(=O)N[C@@H]1[C@H](O)[C@@H](OC(N)=O)[C@@H](CO)O[C@H]1NC1=N[C@@H]2C(=O)NC[C@@H](O)[C@H]2N1.NCCCC(N)CC(=O)NCCCC(N)CC(=O)NCCCC(N)CC(=O)N[C@@H]1[C@H](O)[C@@H](OC(N)=O)[C@@H](CO)O[C@H]1NC1=N[C@@H]2C(=O)NC[C@@H](O)[C@H]2N1.O.O.O.O.O.O.O.O.O.O.O=S(=O)([O-])[O-].O=S(=O)([O-])[O-].O=S(=O)([O-])[O-].O=S(=O)([O-])[O-].O=S(=O)([O-])[O-]. The number of rotatable bonds is 42. The highest BCUT2D eigenvalue weighted by Crippen LogP contribution is 2.27. The van der Waals surface area contributed by atoms with Gasteiger partial charge < -0.3 is 271 Å². The van der Waals surface area contributed by atoms with Crippen LogP contribution in [-0.4, -0.2) is 444 Å². The average molecular weight is 2180 g/mol. The summed E-state index contributed by atoms with van der Waals surface area (Å²) in [6.07, 6.45) is -8.54. The van der Waals surface area contributed by atoms with E-state index in [1.807, 2.05) is 0 Å². The van der Waals surface area contributed by atoms with Gasteiger partial charge in [-0.3, -0.25) is 80.4 Å². The van der Waals surface area contributed by atoms with Crippen molar-refractivity contribution in [3.63, 3.8) is 0 Å². The van der Waals surface area contributed by atoms with Gasteiger partial charge in [0.1, 0.15) is 36.5 Å². The molecule has 844 valence electrons. The van der Waals surface area contributed by atoms with Gasteiger partial charge in [-0.15, -0.1) is 0 Å². The quantitative estimate of drug-likeness (QED) is 0.0153. The van der Waals surface area contributed by atoms with Gasteiger partial charge in [-0.25, -0.2) is 19.6 Å². The zero-order valence-corrected chi connectivity index (χ0v) is 78.9. The fourth-order valence-corrected chi connectivity index (χ4v) is 12.6. The first-order valence-electron chi connectivity index (χ1n) is 39.3. The molecule has 0 saturated carbocycles. The molecular weight excluding hydrogens is 2040 g/mol. The molecule has 79 heteroatoms. The molecule has 0 aromatic heterocycles. The first-order valence-corrected chi connectivity index (χ1v) is 46.0. The van der Waals surface area contributed by atoms with E-state index >= 15 is 0 Å². The summed E-state index contributed by atoms with van der Waals surface area (Å²) >= 11 is 0. The van der Waals surface area contributed by atoms with Crippen molar-refractivity contribution in [2.24, 2.45) is 67.3 Å². The minimum atomic E-state index is -5.17. The molecule has 0 spiro atoms. The van der Waals surface area contributed by atoms with Crippen molar-refractivity contribution >= 4 is 123 Å². The zero-order valence-electron chi connectivity index (χ0n) is 74.8. The molecule has 141 heavy (non-hydrogen) atoms. The normalized spacial score (nSPS) is 23.3. The van der Waals surface area contributed by atoms with Gasteiger partial charge in [0.15, 0.2) is 48.7 Å². The number of carbonyl (C=O) groups is 10. The molecule has 6 rings (SSSR count). The van der Waals surface area contributed by atoms with Crippen LogP contribution in [-0.2, 0) is 109 Å². The monoisotopic (exact) mass is 2180 g/mol. The summed E-state index contributed by atoms with van der Waals surface area (Å²) in [7, 11) is -25.8. The molecule has 4 saturated heterocycles. The van der Waals surface area contributed by atoms with Gasteiger partial charge >= 0.3 is 12.2 Å². The standard InChI is InChI=1S/2C31H58N12O10.5H2O4S.10H2O/c2*32-7-1-4-15(33)10-20(46)37-8-2-5-16(34)11-21(47)38-9-3-6-17(35)12-22(48)40-25-26(49)27(53-30(36)51)19(14-44)52-29(25)43-31-41-23-18(45)13-39-28(50)24(23)42-31;5*1-5(2,3)4;;;;;;;;;;/h2*15-19,23-27,29,44-45,49H,1-14,32-35H2,(H2,36,51)(H,37,46)(H,38,47)(H,39,50)(H,40,48)(H2,41,42,43);5*(H2,1,2,3,4);10*1H2/p-10/t2*15?,16?,17?,18-,19-,23-,24+,25-,26+,27+,29-;;;;;;;;;;;;;;;/m11.............../s1. The van der Waals surface area contributed by atoms with Gasteiger partial charge in [-0.2, -0.15) is 0 Å². The van der Waals surface area contributed by atoms with Crippen LogP contribution in [0.4, 0.5) is 9.59 Å². The number of carbonyl (C=O) groups excluding carboxylic acids is 10. The molecule has 6 aliphatic rings. The van der Waals surface area contributed by atoms with Crippen molar-refractivity contribution < 1.29 is 240 Å². The third-order valence-electron chi connectivity index (χ3n) is 18.2. The van der Waals surface area contributed by atoms with Gasteiger partial charge in [-0.05, 0) is 90.1 Å². The minimum absolute atomic E-state index is 0. The first-order chi connectivity index (χ1) is 60.4. The number of hydrogen-bond donors (Lipinski definition) is 28. The summed E-state index contributed by atoms with van der Waals surface area (Å²) in [5, 5.41) is 95.7. The van der Waals surface area contributed by atoms with E-state index in [0.717, 1.165) is 12.8 Å². The number of nitrogens with zero attached hydrogens (tertiary/aromatic N) is 2. The third-order valence-corrected chi connectivity index (χ3v) is 18.2. The zero-order chi connectivity index (χ0) is 101. The van der Waals surface area contributed by atoms with Crippen LogP contribution in [0.3, 0.4) is 0 Å². The third kappa shape index (κ3) is 76.5. The van der Waals surface area contributed by atoms with Gasteiger partial charge in [0.05, 0.1) is 37.5 Å². The van der Waals surface area contributed by atoms with Crippen LogP contribution in [0.15, 0.2) is 9.98 Å². The Morgan fingerprint density at radius 1 is 0.390 bits per heavy atom. The smallest absolute Gasteiger partial charge is 0.404 e. The summed E-state index contributed by atoms with van der Waals surface area (Å²) < 4.78 is 192. The number of hydrogen-bond acceptors (Lipinski definition) is 54. The molecule has 58 N–H and O–H groups in total. The Kier molecular flexibility index (Phi) is 85.3. The van der Waals surface area contributed by atoms with Crippen LogP contribution in [0.5, 0.6) is 0 Å². The highest BCUT2D eigenvalue weighted by atomic mass is 32.3. The summed E-state index contributed by atoms with van der Waals surface area (Å²) in [5.41, 5.74) is 57.6. The molecule has 6 aliphatic heterocycles. The molecule has 6 heterocycles. The summed E-state index contributed by atoms with van der Waals surface area (Å²) in [5.74, 6) is -2.72. The maximum atomic E-state index is 13.1. The van der Waals surface area contributed by atoms with E-state index < -0.39 is 223 Å². The minimum Gasteiger partial charge on any atom is -0.759 e. The highest BCUT2D eigenvalue weighted by Gasteiger charge is 2.52. The Labute approximate surface area is 806 Å². The summed E-state index contributed by atoms with van der Waals surface area (Å²) in [6.45, 7) is 1.14. The number of ether oxygens (including phenoxy) is 4. The Morgan fingerprint density at radius 2 is 0.603 bits per heavy atom. The topological polar surface area (TPSA) is 1470 Å². The van der Waals surface area contributed by atoms with Crippen LogP contribution in [0.25, 0.3) is 0 Å². The van der Waals surface area contributed by atoms with Crippen molar-refractivity contribution in [3.05, 3.63) is 0 Å². The van der Waals surface area contributed by atoms with Crippen molar-refractivity contribution in [2.45, 2.75) is 249 Å². The van der Waals surface area contributed by atoms with E-state index in [1.165, 1.54) is 0 Å². The Balaban J connectivity index is -0.000000202. The molecule has 0 aromatic rings. The van der Waals surface area contributed by atoms with E-state index in [-0.39, 0.29) is 154 Å². The number of aliphatic hydroxyl groups excluding tert-OH is 6. The number of β-amino-alcohol motifs (C(OH)–C–C–N with tert-alkyl or cyclic N) is 2. The van der Waals surface area contributed by atoms with E-state index in [9.17, 15) is 78.6 Å². The number of guanidine groups is 2. The lowest BCUT2D eigenvalue weighted by Gasteiger charge is -2.44. The van der Waals surface area contributed by atoms with E-state index in [4.69, 9.17) is 164 Å². The fourth-order valence-electron chi connectivity index (χ4n) is 12.6. The molecular formula is C62H136N24O50S5-10. The number of nitrogens with two attached hydrogens (primary N) is 10. The number of fused-ring (bicyclic) bond motifs is 2. The predicted octanol–water partition coefficient (Wildman–Crippen LogP) is -28.0. The second-order valence-electron chi connectivity index (χ2n) is 29.3. The average Bonchev–Trinajstić information content (AvgIpc) is 1.74. The van der Waals surface area contributed by atoms with Gasteiger partial charge in [0, 0.05) is 166 Å². The van der Waals surface area contributed by atoms with Gasteiger partial charge in [0.25, 0.3) is 0 Å². The number of primary amides is 2. The molecule has 0 aliphatic carbocycles. The van der Waals surface area contributed by atoms with E-state index in [0.29, 0.717) is 103 Å².